The van der Waals surface area contributed by atoms with Gasteiger partial charge < -0.3 is 29.0 Å². The van der Waals surface area contributed by atoms with Crippen molar-refractivity contribution in [3.8, 4) is 0 Å². The Morgan fingerprint density at radius 2 is 2.14 bits per heavy atom. The summed E-state index contributed by atoms with van der Waals surface area (Å²) in [5.41, 5.74) is -0.412. The van der Waals surface area contributed by atoms with Crippen LogP contribution in [0.15, 0.2) is 12.4 Å². The van der Waals surface area contributed by atoms with Gasteiger partial charge in [0.05, 0.1) is 18.1 Å². The Morgan fingerprint density at radius 3 is 2.75 bits per heavy atom. The second kappa shape index (κ2) is 9.02. The summed E-state index contributed by atoms with van der Waals surface area (Å²) in [6, 6.07) is -0.407. The zero-order valence-electron chi connectivity index (χ0n) is 16.8. The summed E-state index contributed by atoms with van der Waals surface area (Å²) in [6.45, 7) is 2.48. The number of aryl methyl sites for hydroxylation is 1. The summed E-state index contributed by atoms with van der Waals surface area (Å²) < 4.78 is 18.1. The summed E-state index contributed by atoms with van der Waals surface area (Å²) in [4.78, 5) is 31.8. The lowest BCUT2D eigenvalue weighted by molar-refractivity contribution is -0.130. The normalized spacial score (nSPS) is 24.5. The predicted octanol–water partition coefficient (Wildman–Crippen LogP) is 0.268. The topological polar surface area (TPSA) is 94.9 Å². The van der Waals surface area contributed by atoms with Crippen LogP contribution in [0.2, 0.25) is 0 Å². The third-order valence-corrected chi connectivity index (χ3v) is 5.85. The van der Waals surface area contributed by atoms with Gasteiger partial charge in [-0.1, -0.05) is 0 Å². The molecule has 0 aliphatic carbocycles. The highest BCUT2D eigenvalue weighted by Gasteiger charge is 2.46. The number of carbonyl (C=O) groups excluding carboxylic acids is 2. The third-order valence-electron chi connectivity index (χ3n) is 5.85. The molecule has 2 fully saturated rings. The molecule has 1 aromatic heterocycles. The largest absolute Gasteiger partial charge is 0.383 e. The van der Waals surface area contributed by atoms with Gasteiger partial charge in [-0.15, -0.1) is 0 Å². The molecule has 2 aliphatic rings. The minimum absolute atomic E-state index is 0.0577. The molecule has 3 heterocycles. The van der Waals surface area contributed by atoms with E-state index < -0.39 is 17.6 Å². The van der Waals surface area contributed by atoms with Gasteiger partial charge in [-0.25, -0.2) is 4.98 Å². The average Bonchev–Trinajstić information content (AvgIpc) is 3.27. The number of hydrogen-bond donors (Lipinski definition) is 1. The lowest BCUT2D eigenvalue weighted by Crippen LogP contribution is -2.49. The molecule has 0 saturated carbocycles. The van der Waals surface area contributed by atoms with Crippen LogP contribution in [0.25, 0.3) is 0 Å². The second-order valence-electron chi connectivity index (χ2n) is 7.45. The van der Waals surface area contributed by atoms with Gasteiger partial charge in [0.25, 0.3) is 0 Å². The maximum absolute atomic E-state index is 13.1. The molecular formula is C19H30N4O5. The molecular weight excluding hydrogens is 364 g/mol. The van der Waals surface area contributed by atoms with Crippen molar-refractivity contribution < 1.29 is 23.8 Å². The Balaban J connectivity index is 1.75. The number of ether oxygens (including phenoxy) is 3. The van der Waals surface area contributed by atoms with E-state index in [4.69, 9.17) is 14.2 Å². The molecule has 0 unspecified atom stereocenters. The molecule has 2 aliphatic heterocycles. The first-order chi connectivity index (χ1) is 13.5. The van der Waals surface area contributed by atoms with Gasteiger partial charge in [-0.2, -0.15) is 0 Å². The zero-order valence-corrected chi connectivity index (χ0v) is 16.8. The van der Waals surface area contributed by atoms with E-state index in [1.54, 1.807) is 25.3 Å². The molecule has 0 bridgehead atoms. The van der Waals surface area contributed by atoms with E-state index in [1.807, 2.05) is 17.8 Å². The Labute approximate surface area is 165 Å². The number of imidazole rings is 1. The van der Waals surface area contributed by atoms with Gasteiger partial charge in [0.1, 0.15) is 11.9 Å². The quantitative estimate of drug-likeness (QED) is 0.680. The lowest BCUT2D eigenvalue weighted by atomic mass is 9.93. The van der Waals surface area contributed by atoms with E-state index in [-0.39, 0.29) is 18.2 Å². The van der Waals surface area contributed by atoms with Gasteiger partial charge in [-0.3, -0.25) is 9.59 Å². The molecule has 9 nitrogen and oxygen atoms in total. The van der Waals surface area contributed by atoms with Crippen LogP contribution in [0.1, 0.15) is 31.1 Å². The molecule has 1 N–H and O–H groups in total. The van der Waals surface area contributed by atoms with Crippen LogP contribution in [0.5, 0.6) is 0 Å². The van der Waals surface area contributed by atoms with Gasteiger partial charge in [-0.05, 0) is 0 Å². The van der Waals surface area contributed by atoms with Crippen molar-refractivity contribution >= 4 is 11.8 Å². The smallest absolute Gasteiger partial charge is 0.226 e. The standard InChI is InChI=1S/C19H30N4O5/c1-22-7-6-20-17(22)16-14(12-15(24)23(16)8-11-26-2)18(25)21-13-19(27-3)4-9-28-10-5-19/h6-7,14,16H,4-5,8-13H2,1-3H3,(H,21,25)/t14-,16-/m0/s1. The van der Waals surface area contributed by atoms with Gasteiger partial charge in [0.2, 0.25) is 11.8 Å². The maximum atomic E-state index is 13.1. The molecule has 28 heavy (non-hydrogen) atoms. The van der Waals surface area contributed by atoms with Crippen LogP contribution in [-0.4, -0.2) is 79.0 Å². The van der Waals surface area contributed by atoms with Crippen molar-refractivity contribution in [2.75, 3.05) is 47.1 Å². The highest BCUT2D eigenvalue weighted by atomic mass is 16.5. The number of amides is 2. The Bertz CT molecular complexity index is 686. The Hall–Kier alpha value is -1.97. The van der Waals surface area contributed by atoms with Crippen LogP contribution < -0.4 is 5.32 Å². The Kier molecular flexibility index (Phi) is 6.69. The van der Waals surface area contributed by atoms with Crippen molar-refractivity contribution in [3.05, 3.63) is 18.2 Å². The first-order valence-corrected chi connectivity index (χ1v) is 9.67. The number of aromatic nitrogens is 2. The highest BCUT2D eigenvalue weighted by Crippen LogP contribution is 2.37. The van der Waals surface area contributed by atoms with Gasteiger partial charge in [0, 0.05) is 79.2 Å². The fourth-order valence-corrected chi connectivity index (χ4v) is 4.04. The zero-order chi connectivity index (χ0) is 20.1. The van der Waals surface area contributed by atoms with Crippen molar-refractivity contribution in [2.24, 2.45) is 13.0 Å². The van der Waals surface area contributed by atoms with Crippen LogP contribution in [-0.2, 0) is 30.8 Å². The number of rotatable bonds is 8. The van der Waals surface area contributed by atoms with Crippen LogP contribution >= 0.6 is 0 Å². The van der Waals surface area contributed by atoms with E-state index in [9.17, 15) is 9.59 Å². The summed E-state index contributed by atoms with van der Waals surface area (Å²) in [7, 11) is 5.13. The van der Waals surface area contributed by atoms with E-state index in [0.717, 1.165) is 12.8 Å². The SMILES string of the molecule is COCCN1C(=O)C[C@H](C(=O)NCC2(OC)CCOCC2)[C@H]1c1nccn1C. The summed E-state index contributed by atoms with van der Waals surface area (Å²) in [6.07, 6.45) is 5.13. The fraction of sp³-hybridized carbons (Fsp3) is 0.737. The van der Waals surface area contributed by atoms with Crippen molar-refractivity contribution in [1.82, 2.24) is 19.8 Å². The molecule has 0 radical (unpaired) electrons. The van der Waals surface area contributed by atoms with Crippen LogP contribution in [0, 0.1) is 5.92 Å². The van der Waals surface area contributed by atoms with Crippen molar-refractivity contribution in [2.45, 2.75) is 30.9 Å². The fourth-order valence-electron chi connectivity index (χ4n) is 4.04. The molecule has 156 valence electrons. The van der Waals surface area contributed by atoms with Gasteiger partial charge in [0.15, 0.2) is 0 Å². The molecule has 2 saturated heterocycles. The number of likely N-dealkylation sites (tertiary alicyclic amines) is 1. The van der Waals surface area contributed by atoms with Gasteiger partial charge >= 0.3 is 0 Å². The summed E-state index contributed by atoms with van der Waals surface area (Å²) in [5.74, 6) is -0.00395. The van der Waals surface area contributed by atoms with Crippen LogP contribution in [0.3, 0.4) is 0 Å². The molecule has 0 aromatic carbocycles. The predicted molar refractivity (Wildman–Crippen MR) is 100 cm³/mol. The monoisotopic (exact) mass is 394 g/mol. The number of hydrogen-bond acceptors (Lipinski definition) is 6. The minimum Gasteiger partial charge on any atom is -0.383 e. The number of nitrogens with one attached hydrogen (secondary N) is 1. The van der Waals surface area contributed by atoms with Crippen molar-refractivity contribution in [1.29, 1.82) is 0 Å². The second-order valence-corrected chi connectivity index (χ2v) is 7.45. The summed E-state index contributed by atoms with van der Waals surface area (Å²) in [5, 5.41) is 3.03. The van der Waals surface area contributed by atoms with E-state index in [1.165, 1.54) is 0 Å². The Morgan fingerprint density at radius 1 is 1.39 bits per heavy atom. The first kappa shape index (κ1) is 20.8. The number of carbonyl (C=O) groups is 2. The van der Waals surface area contributed by atoms with E-state index in [2.05, 4.69) is 10.3 Å². The maximum Gasteiger partial charge on any atom is 0.226 e. The molecule has 9 heteroatoms. The first-order valence-electron chi connectivity index (χ1n) is 9.67. The molecule has 0 spiro atoms. The highest BCUT2D eigenvalue weighted by molar-refractivity contribution is 5.90. The number of nitrogens with zero attached hydrogens (tertiary/aromatic N) is 3. The summed E-state index contributed by atoms with van der Waals surface area (Å²) >= 11 is 0. The molecule has 2 atom stereocenters. The van der Waals surface area contributed by atoms with Crippen LogP contribution in [0.4, 0.5) is 0 Å². The molecule has 3 rings (SSSR count). The average molecular weight is 394 g/mol. The third kappa shape index (κ3) is 4.21. The molecule has 2 amide bonds. The lowest BCUT2D eigenvalue weighted by Gasteiger charge is -2.36. The molecule has 1 aromatic rings. The van der Waals surface area contributed by atoms with E-state index in [0.29, 0.717) is 38.7 Å². The van der Waals surface area contributed by atoms with Crippen molar-refractivity contribution in [3.63, 3.8) is 0 Å². The minimum atomic E-state index is -0.501. The number of methoxy groups -OCH3 is 2. The van der Waals surface area contributed by atoms with E-state index >= 15 is 0 Å².